The molecule has 2 N–H and O–H groups in total. The molecule has 19 heavy (non-hydrogen) atoms. The summed E-state index contributed by atoms with van der Waals surface area (Å²) in [5, 5.41) is 18.4. The molecular weight excluding hydrogens is 255 g/mol. The second kappa shape index (κ2) is 5.05. The van der Waals surface area contributed by atoms with Crippen molar-refractivity contribution < 1.29 is 28.9 Å². The predicted molar refractivity (Wildman–Crippen MR) is 64.0 cm³/mol. The summed E-state index contributed by atoms with van der Waals surface area (Å²) in [5.41, 5.74) is -1.08. The molecule has 0 aromatic heterocycles. The van der Waals surface area contributed by atoms with Crippen LogP contribution < -0.4 is 9.47 Å². The molecule has 0 saturated carbocycles. The Kier molecular flexibility index (Phi) is 3.61. The van der Waals surface area contributed by atoms with E-state index in [1.54, 1.807) is 18.2 Å². The molecule has 0 radical (unpaired) electrons. The van der Waals surface area contributed by atoms with E-state index in [1.165, 1.54) is 6.92 Å². The van der Waals surface area contributed by atoms with Gasteiger partial charge in [0.2, 0.25) is 13.0 Å². The summed E-state index contributed by atoms with van der Waals surface area (Å²) in [6.45, 7) is 1.35. The number of halogens is 1. The van der Waals surface area contributed by atoms with Gasteiger partial charge in [0.15, 0.2) is 11.5 Å². The molecule has 1 aromatic rings. The third-order valence-corrected chi connectivity index (χ3v) is 3.12. The van der Waals surface area contributed by atoms with E-state index in [1.807, 2.05) is 0 Å². The van der Waals surface area contributed by atoms with E-state index in [2.05, 4.69) is 0 Å². The number of aliphatic hydroxyl groups is 1. The highest BCUT2D eigenvalue weighted by molar-refractivity contribution is 5.73. The number of aliphatic carboxylic acids is 1. The molecule has 0 saturated heterocycles. The molecule has 0 bridgehead atoms. The minimum atomic E-state index is -2.30. The van der Waals surface area contributed by atoms with Crippen molar-refractivity contribution in [1.29, 1.82) is 0 Å². The van der Waals surface area contributed by atoms with Crippen molar-refractivity contribution in [3.8, 4) is 11.5 Å². The summed E-state index contributed by atoms with van der Waals surface area (Å²) < 4.78 is 23.7. The summed E-state index contributed by atoms with van der Waals surface area (Å²) in [6.07, 6.45) is -1.96. The summed E-state index contributed by atoms with van der Waals surface area (Å²) in [7, 11) is 0. The second-order valence-electron chi connectivity index (χ2n) is 4.75. The topological polar surface area (TPSA) is 76.0 Å². The number of aryl methyl sites for hydroxylation is 1. The molecule has 2 atom stereocenters. The van der Waals surface area contributed by atoms with E-state index in [0.29, 0.717) is 17.9 Å². The van der Waals surface area contributed by atoms with Gasteiger partial charge in [-0.25, -0.2) is 9.18 Å². The fourth-order valence-electron chi connectivity index (χ4n) is 1.89. The molecule has 0 fully saturated rings. The molecule has 0 aliphatic carbocycles. The Morgan fingerprint density at radius 1 is 1.47 bits per heavy atom. The Labute approximate surface area is 109 Å². The highest BCUT2D eigenvalue weighted by Crippen LogP contribution is 2.33. The van der Waals surface area contributed by atoms with Crippen molar-refractivity contribution in [2.75, 3.05) is 6.79 Å². The van der Waals surface area contributed by atoms with E-state index < -0.39 is 17.7 Å². The van der Waals surface area contributed by atoms with E-state index in [4.69, 9.17) is 14.6 Å². The van der Waals surface area contributed by atoms with E-state index in [0.717, 1.165) is 5.56 Å². The van der Waals surface area contributed by atoms with Crippen LogP contribution in [0.15, 0.2) is 18.2 Å². The Balaban J connectivity index is 2.00. The van der Waals surface area contributed by atoms with Gasteiger partial charge in [-0.15, -0.1) is 0 Å². The van der Waals surface area contributed by atoms with Crippen molar-refractivity contribution in [3.05, 3.63) is 23.8 Å². The van der Waals surface area contributed by atoms with Crippen molar-refractivity contribution >= 4 is 5.97 Å². The van der Waals surface area contributed by atoms with Gasteiger partial charge in [-0.2, -0.15) is 0 Å². The van der Waals surface area contributed by atoms with Crippen LogP contribution in [0.4, 0.5) is 4.39 Å². The zero-order valence-corrected chi connectivity index (χ0v) is 10.4. The standard InChI is InChI=1S/C13H15FO5/c1-13(17,11(14)12(15)16)5-4-8-2-3-9-10(6-8)19-7-18-9/h2-3,6,11,17H,4-5,7H2,1H3,(H,15,16). The third kappa shape index (κ3) is 2.96. The summed E-state index contributed by atoms with van der Waals surface area (Å²) in [5.74, 6) is -0.410. The van der Waals surface area contributed by atoms with Crippen LogP contribution in [-0.2, 0) is 11.2 Å². The van der Waals surface area contributed by atoms with Gasteiger partial charge in [0.1, 0.15) is 5.60 Å². The fourth-order valence-corrected chi connectivity index (χ4v) is 1.89. The zero-order chi connectivity index (χ0) is 14.0. The van der Waals surface area contributed by atoms with Crippen LogP contribution in [0.2, 0.25) is 0 Å². The van der Waals surface area contributed by atoms with Crippen LogP contribution >= 0.6 is 0 Å². The Morgan fingerprint density at radius 2 is 2.16 bits per heavy atom. The number of ether oxygens (including phenoxy) is 2. The Hall–Kier alpha value is -1.82. The number of hydrogen-bond acceptors (Lipinski definition) is 4. The molecule has 0 amide bonds. The number of alkyl halides is 1. The van der Waals surface area contributed by atoms with Gasteiger partial charge in [0.25, 0.3) is 0 Å². The number of hydrogen-bond donors (Lipinski definition) is 2. The second-order valence-corrected chi connectivity index (χ2v) is 4.75. The van der Waals surface area contributed by atoms with Crippen molar-refractivity contribution in [1.82, 2.24) is 0 Å². The molecule has 5 nitrogen and oxygen atoms in total. The average Bonchev–Trinajstić information content (AvgIpc) is 2.82. The highest BCUT2D eigenvalue weighted by atomic mass is 19.1. The van der Waals surface area contributed by atoms with Crippen LogP contribution in [0.25, 0.3) is 0 Å². The Morgan fingerprint density at radius 3 is 2.84 bits per heavy atom. The fraction of sp³-hybridized carbons (Fsp3) is 0.462. The number of fused-ring (bicyclic) bond motifs is 1. The molecule has 2 unspecified atom stereocenters. The minimum Gasteiger partial charge on any atom is -0.479 e. The quantitative estimate of drug-likeness (QED) is 0.848. The zero-order valence-electron chi connectivity index (χ0n) is 10.4. The summed E-state index contributed by atoms with van der Waals surface area (Å²) in [4.78, 5) is 10.5. The van der Waals surface area contributed by atoms with Crippen LogP contribution in [0.1, 0.15) is 18.9 Å². The van der Waals surface area contributed by atoms with E-state index in [-0.39, 0.29) is 13.2 Å². The van der Waals surface area contributed by atoms with Gasteiger partial charge >= 0.3 is 5.97 Å². The first kappa shape index (κ1) is 13.6. The molecule has 0 spiro atoms. The summed E-state index contributed by atoms with van der Waals surface area (Å²) >= 11 is 0. The molecule has 1 aliphatic heterocycles. The molecule has 104 valence electrons. The average molecular weight is 270 g/mol. The first-order valence-corrected chi connectivity index (χ1v) is 5.88. The van der Waals surface area contributed by atoms with Crippen LogP contribution in [0.3, 0.4) is 0 Å². The first-order valence-electron chi connectivity index (χ1n) is 5.88. The lowest BCUT2D eigenvalue weighted by Crippen LogP contribution is -2.42. The number of carbonyl (C=O) groups is 1. The number of carboxylic acid groups (broad SMARTS) is 1. The maximum Gasteiger partial charge on any atom is 0.341 e. The lowest BCUT2D eigenvalue weighted by atomic mass is 9.92. The predicted octanol–water partition coefficient (Wildman–Crippen LogP) is 1.52. The van der Waals surface area contributed by atoms with Crippen molar-refractivity contribution in [2.45, 2.75) is 31.5 Å². The molecule has 1 heterocycles. The van der Waals surface area contributed by atoms with Crippen LogP contribution in [0, 0.1) is 0 Å². The monoisotopic (exact) mass is 270 g/mol. The smallest absolute Gasteiger partial charge is 0.341 e. The van der Waals surface area contributed by atoms with Gasteiger partial charge in [-0.1, -0.05) is 6.07 Å². The minimum absolute atomic E-state index is 0.000110. The third-order valence-electron chi connectivity index (χ3n) is 3.12. The first-order chi connectivity index (χ1) is 8.90. The van der Waals surface area contributed by atoms with Crippen molar-refractivity contribution in [3.63, 3.8) is 0 Å². The number of benzene rings is 1. The van der Waals surface area contributed by atoms with Crippen molar-refractivity contribution in [2.24, 2.45) is 0 Å². The van der Waals surface area contributed by atoms with Crippen LogP contribution in [-0.4, -0.2) is 34.7 Å². The number of rotatable bonds is 5. The van der Waals surface area contributed by atoms with Gasteiger partial charge < -0.3 is 19.7 Å². The highest BCUT2D eigenvalue weighted by Gasteiger charge is 2.37. The molecular formula is C13H15FO5. The lowest BCUT2D eigenvalue weighted by Gasteiger charge is -2.24. The molecule has 1 aliphatic rings. The largest absolute Gasteiger partial charge is 0.479 e. The van der Waals surface area contributed by atoms with Gasteiger partial charge in [-0.05, 0) is 37.5 Å². The maximum absolute atomic E-state index is 13.3. The maximum atomic E-state index is 13.3. The Bertz CT molecular complexity index is 486. The summed E-state index contributed by atoms with van der Waals surface area (Å²) in [6, 6.07) is 5.25. The van der Waals surface area contributed by atoms with Gasteiger partial charge in [0.05, 0.1) is 0 Å². The molecule has 1 aromatic carbocycles. The normalized spacial score (nSPS) is 17.8. The van der Waals surface area contributed by atoms with E-state index >= 15 is 0 Å². The number of carboxylic acids is 1. The van der Waals surface area contributed by atoms with Gasteiger partial charge in [-0.3, -0.25) is 0 Å². The molecule has 2 rings (SSSR count). The lowest BCUT2D eigenvalue weighted by molar-refractivity contribution is -0.153. The van der Waals surface area contributed by atoms with Crippen LogP contribution in [0.5, 0.6) is 11.5 Å². The molecule has 6 heteroatoms. The SMILES string of the molecule is CC(O)(CCc1ccc2c(c1)OCO2)C(F)C(=O)O. The van der Waals surface area contributed by atoms with E-state index in [9.17, 15) is 14.3 Å². The van der Waals surface area contributed by atoms with Gasteiger partial charge in [0, 0.05) is 0 Å².